The van der Waals surface area contributed by atoms with Gasteiger partial charge < -0.3 is 5.11 Å². The second-order valence-electron chi connectivity index (χ2n) is 3.93. The zero-order valence-electron chi connectivity index (χ0n) is 8.85. The van der Waals surface area contributed by atoms with E-state index in [1.54, 1.807) is 30.8 Å². The number of nitrogens with zero attached hydrogens (tertiary/aromatic N) is 1. The smallest absolute Gasteiger partial charge is 0.123 e. The van der Waals surface area contributed by atoms with Crippen molar-refractivity contribution in [1.29, 1.82) is 0 Å². The standard InChI is InChI=1S/C12H12FNOS/c1-12(15,6-11-7-14-8-16-11)9-2-4-10(13)5-3-9/h2-5,7-8,15H,6H2,1H3. The minimum Gasteiger partial charge on any atom is -0.385 e. The summed E-state index contributed by atoms with van der Waals surface area (Å²) in [6, 6.07) is 5.93. The number of benzene rings is 1. The van der Waals surface area contributed by atoms with Crippen molar-refractivity contribution in [3.63, 3.8) is 0 Å². The molecule has 2 aromatic rings. The van der Waals surface area contributed by atoms with E-state index in [4.69, 9.17) is 0 Å². The van der Waals surface area contributed by atoms with Gasteiger partial charge in [0.05, 0.1) is 11.1 Å². The summed E-state index contributed by atoms with van der Waals surface area (Å²) >= 11 is 1.50. The first kappa shape index (κ1) is 11.2. The molecule has 0 fully saturated rings. The summed E-state index contributed by atoms with van der Waals surface area (Å²) in [6.07, 6.45) is 2.23. The van der Waals surface area contributed by atoms with E-state index >= 15 is 0 Å². The summed E-state index contributed by atoms with van der Waals surface area (Å²) in [6.45, 7) is 1.72. The van der Waals surface area contributed by atoms with Crippen LogP contribution in [0.5, 0.6) is 0 Å². The molecule has 1 atom stereocenters. The zero-order chi connectivity index (χ0) is 11.6. The molecule has 0 spiro atoms. The number of hydrogen-bond acceptors (Lipinski definition) is 3. The van der Waals surface area contributed by atoms with Crippen molar-refractivity contribution in [3.8, 4) is 0 Å². The Bertz CT molecular complexity index is 450. The average Bonchev–Trinajstić information content (AvgIpc) is 2.70. The molecule has 16 heavy (non-hydrogen) atoms. The first-order valence-corrected chi connectivity index (χ1v) is 5.82. The van der Waals surface area contributed by atoms with E-state index in [1.165, 1.54) is 23.5 Å². The van der Waals surface area contributed by atoms with Crippen LogP contribution in [0.4, 0.5) is 4.39 Å². The fourth-order valence-corrected chi connectivity index (χ4v) is 2.32. The van der Waals surface area contributed by atoms with Crippen molar-refractivity contribution in [3.05, 3.63) is 52.2 Å². The number of rotatable bonds is 3. The molecule has 4 heteroatoms. The normalized spacial score (nSPS) is 14.7. The Labute approximate surface area is 97.4 Å². The van der Waals surface area contributed by atoms with Gasteiger partial charge in [-0.25, -0.2) is 4.39 Å². The molecular formula is C12H12FNOS. The van der Waals surface area contributed by atoms with E-state index < -0.39 is 5.60 Å². The molecule has 0 saturated heterocycles. The van der Waals surface area contributed by atoms with Crippen molar-refractivity contribution >= 4 is 11.3 Å². The van der Waals surface area contributed by atoms with Gasteiger partial charge in [-0.05, 0) is 24.6 Å². The van der Waals surface area contributed by atoms with E-state index in [1.807, 2.05) is 0 Å². The van der Waals surface area contributed by atoms with E-state index in [0.717, 1.165) is 4.88 Å². The molecule has 0 aliphatic heterocycles. The van der Waals surface area contributed by atoms with Crippen molar-refractivity contribution in [2.45, 2.75) is 18.9 Å². The highest BCUT2D eigenvalue weighted by molar-refractivity contribution is 7.09. The van der Waals surface area contributed by atoms with Crippen LogP contribution in [-0.4, -0.2) is 10.1 Å². The summed E-state index contributed by atoms with van der Waals surface area (Å²) in [5.74, 6) is -0.294. The lowest BCUT2D eigenvalue weighted by Gasteiger charge is -2.22. The third-order valence-corrected chi connectivity index (χ3v) is 3.25. The largest absolute Gasteiger partial charge is 0.385 e. The zero-order valence-corrected chi connectivity index (χ0v) is 9.67. The lowest BCUT2D eigenvalue weighted by atomic mass is 9.92. The molecule has 1 heterocycles. The Morgan fingerprint density at radius 2 is 2.06 bits per heavy atom. The van der Waals surface area contributed by atoms with Crippen LogP contribution in [0, 0.1) is 5.82 Å². The first-order chi connectivity index (χ1) is 7.58. The van der Waals surface area contributed by atoms with Gasteiger partial charge in [0, 0.05) is 17.5 Å². The topological polar surface area (TPSA) is 33.1 Å². The summed E-state index contributed by atoms with van der Waals surface area (Å²) in [5, 5.41) is 10.3. The molecule has 0 amide bonds. The minimum absolute atomic E-state index is 0.294. The molecule has 1 N–H and O–H groups in total. The van der Waals surface area contributed by atoms with Gasteiger partial charge in [-0.2, -0.15) is 0 Å². The number of thiazole rings is 1. The average molecular weight is 237 g/mol. The van der Waals surface area contributed by atoms with Crippen molar-refractivity contribution in [2.24, 2.45) is 0 Å². The summed E-state index contributed by atoms with van der Waals surface area (Å²) in [5.41, 5.74) is 1.46. The molecule has 84 valence electrons. The van der Waals surface area contributed by atoms with Crippen LogP contribution in [0.1, 0.15) is 17.4 Å². The molecule has 0 radical (unpaired) electrons. The van der Waals surface area contributed by atoms with Crippen LogP contribution in [0.15, 0.2) is 36.0 Å². The lowest BCUT2D eigenvalue weighted by Crippen LogP contribution is -2.23. The quantitative estimate of drug-likeness (QED) is 0.890. The molecule has 0 aliphatic carbocycles. The molecule has 1 aromatic carbocycles. The van der Waals surface area contributed by atoms with Gasteiger partial charge >= 0.3 is 0 Å². The fraction of sp³-hybridized carbons (Fsp3) is 0.250. The van der Waals surface area contributed by atoms with Crippen LogP contribution in [-0.2, 0) is 12.0 Å². The van der Waals surface area contributed by atoms with Crippen LogP contribution < -0.4 is 0 Å². The predicted molar refractivity (Wildman–Crippen MR) is 61.8 cm³/mol. The van der Waals surface area contributed by atoms with Crippen LogP contribution >= 0.6 is 11.3 Å². The van der Waals surface area contributed by atoms with Gasteiger partial charge in [-0.3, -0.25) is 4.98 Å². The van der Waals surface area contributed by atoms with E-state index in [-0.39, 0.29) is 5.82 Å². The van der Waals surface area contributed by atoms with Crippen LogP contribution in [0.3, 0.4) is 0 Å². The number of hydrogen-bond donors (Lipinski definition) is 1. The molecular weight excluding hydrogens is 225 g/mol. The maximum atomic E-state index is 12.8. The van der Waals surface area contributed by atoms with Gasteiger partial charge in [-0.15, -0.1) is 11.3 Å². The first-order valence-electron chi connectivity index (χ1n) is 4.94. The van der Waals surface area contributed by atoms with Crippen LogP contribution in [0.25, 0.3) is 0 Å². The summed E-state index contributed by atoms with van der Waals surface area (Å²) in [7, 11) is 0. The Morgan fingerprint density at radius 1 is 1.38 bits per heavy atom. The highest BCUT2D eigenvalue weighted by Crippen LogP contribution is 2.26. The number of aliphatic hydroxyl groups is 1. The van der Waals surface area contributed by atoms with E-state index in [2.05, 4.69) is 4.98 Å². The van der Waals surface area contributed by atoms with Gasteiger partial charge in [0.15, 0.2) is 0 Å². The van der Waals surface area contributed by atoms with Gasteiger partial charge in [0.1, 0.15) is 5.82 Å². The minimum atomic E-state index is -0.986. The van der Waals surface area contributed by atoms with Crippen molar-refractivity contribution < 1.29 is 9.50 Å². The van der Waals surface area contributed by atoms with Gasteiger partial charge in [0.2, 0.25) is 0 Å². The van der Waals surface area contributed by atoms with E-state index in [9.17, 15) is 9.50 Å². The molecule has 0 saturated carbocycles. The van der Waals surface area contributed by atoms with Gasteiger partial charge in [-0.1, -0.05) is 12.1 Å². The highest BCUT2D eigenvalue weighted by atomic mass is 32.1. The predicted octanol–water partition coefficient (Wildman–Crippen LogP) is 2.73. The summed E-state index contributed by atoms with van der Waals surface area (Å²) in [4.78, 5) is 4.97. The third kappa shape index (κ3) is 2.46. The third-order valence-electron chi connectivity index (χ3n) is 2.47. The van der Waals surface area contributed by atoms with Gasteiger partial charge in [0.25, 0.3) is 0 Å². The fourth-order valence-electron chi connectivity index (χ4n) is 1.58. The number of aromatic nitrogens is 1. The molecule has 2 rings (SSSR count). The Hall–Kier alpha value is -1.26. The molecule has 1 unspecified atom stereocenters. The van der Waals surface area contributed by atoms with Crippen molar-refractivity contribution in [2.75, 3.05) is 0 Å². The maximum absolute atomic E-state index is 12.8. The lowest BCUT2D eigenvalue weighted by molar-refractivity contribution is 0.0583. The highest BCUT2D eigenvalue weighted by Gasteiger charge is 2.24. The second-order valence-corrected chi connectivity index (χ2v) is 4.90. The molecule has 2 nitrogen and oxygen atoms in total. The molecule has 0 aliphatic rings. The Kier molecular flexibility index (Phi) is 3.03. The monoisotopic (exact) mass is 237 g/mol. The Balaban J connectivity index is 2.21. The SMILES string of the molecule is CC(O)(Cc1cncs1)c1ccc(F)cc1. The van der Waals surface area contributed by atoms with Crippen molar-refractivity contribution in [1.82, 2.24) is 4.98 Å². The molecule has 1 aromatic heterocycles. The summed E-state index contributed by atoms with van der Waals surface area (Å²) < 4.78 is 12.8. The second kappa shape index (κ2) is 4.31. The van der Waals surface area contributed by atoms with E-state index in [0.29, 0.717) is 12.0 Å². The maximum Gasteiger partial charge on any atom is 0.123 e. The number of halogens is 1. The van der Waals surface area contributed by atoms with Crippen LogP contribution in [0.2, 0.25) is 0 Å². The molecule has 0 bridgehead atoms. The Morgan fingerprint density at radius 3 is 2.62 bits per heavy atom.